The molecule has 0 radical (unpaired) electrons. The lowest BCUT2D eigenvalue weighted by Crippen LogP contribution is -2.22. The second kappa shape index (κ2) is 7.70. The number of hydrogen-bond acceptors (Lipinski definition) is 2. The number of hydrogen-bond donors (Lipinski definition) is 1. The maximum Gasteiger partial charge on any atom is 0.416 e. The lowest BCUT2D eigenvalue weighted by Gasteiger charge is -2.23. The van der Waals surface area contributed by atoms with Gasteiger partial charge in [-0.15, -0.1) is 0 Å². The molecule has 1 N–H and O–H groups in total. The van der Waals surface area contributed by atoms with Crippen LogP contribution in [0.5, 0.6) is 0 Å². The Morgan fingerprint density at radius 2 is 1.73 bits per heavy atom. The average molecular weight is 427 g/mol. The van der Waals surface area contributed by atoms with E-state index in [4.69, 9.17) is 0 Å². The molecule has 2 aromatic rings. The zero-order valence-corrected chi connectivity index (χ0v) is 15.5. The summed E-state index contributed by atoms with van der Waals surface area (Å²) in [7, 11) is 0. The van der Waals surface area contributed by atoms with Gasteiger partial charge in [-0.1, -0.05) is 28.1 Å². The number of anilines is 2. The molecule has 7 heteroatoms. The smallest absolute Gasteiger partial charge is 0.370 e. The monoisotopic (exact) mass is 426 g/mol. The van der Waals surface area contributed by atoms with Crippen molar-refractivity contribution >= 4 is 33.2 Å². The van der Waals surface area contributed by atoms with E-state index in [1.807, 2.05) is 17.0 Å². The van der Waals surface area contributed by atoms with E-state index in [2.05, 4.69) is 21.2 Å². The van der Waals surface area contributed by atoms with Crippen molar-refractivity contribution < 1.29 is 18.0 Å². The van der Waals surface area contributed by atoms with Crippen molar-refractivity contribution in [1.29, 1.82) is 0 Å². The molecule has 0 atom stereocenters. The zero-order chi connectivity index (χ0) is 18.7. The fourth-order valence-corrected chi connectivity index (χ4v) is 3.29. The van der Waals surface area contributed by atoms with E-state index in [9.17, 15) is 18.0 Å². The van der Waals surface area contributed by atoms with Crippen molar-refractivity contribution in [2.75, 3.05) is 23.3 Å². The first-order valence-electron chi connectivity index (χ1n) is 8.33. The molecule has 1 heterocycles. The van der Waals surface area contributed by atoms with Gasteiger partial charge in [0.15, 0.2) is 0 Å². The van der Waals surface area contributed by atoms with Crippen LogP contribution in [-0.2, 0) is 17.4 Å². The molecule has 1 saturated heterocycles. The summed E-state index contributed by atoms with van der Waals surface area (Å²) in [6.45, 7) is 1.56. The van der Waals surface area contributed by atoms with E-state index in [-0.39, 0.29) is 18.0 Å². The molecule has 1 fully saturated rings. The minimum Gasteiger partial charge on any atom is -0.370 e. The summed E-state index contributed by atoms with van der Waals surface area (Å²) in [4.78, 5) is 14.4. The molecule has 0 aromatic heterocycles. The third kappa shape index (κ3) is 4.58. The Morgan fingerprint density at radius 3 is 2.35 bits per heavy atom. The number of halogens is 4. The summed E-state index contributed by atoms with van der Waals surface area (Å²) in [5.74, 6) is -0.341. The van der Waals surface area contributed by atoms with Crippen molar-refractivity contribution in [3.8, 4) is 0 Å². The number of rotatable bonds is 4. The van der Waals surface area contributed by atoms with Crippen LogP contribution in [0.15, 0.2) is 46.9 Å². The summed E-state index contributed by atoms with van der Waals surface area (Å²) in [6.07, 6.45) is -2.36. The van der Waals surface area contributed by atoms with E-state index in [1.54, 1.807) is 12.1 Å². The van der Waals surface area contributed by atoms with Crippen LogP contribution in [-0.4, -0.2) is 19.0 Å². The Balaban J connectivity index is 1.83. The van der Waals surface area contributed by atoms with Crippen molar-refractivity contribution in [2.45, 2.75) is 25.4 Å². The predicted molar refractivity (Wildman–Crippen MR) is 99.4 cm³/mol. The van der Waals surface area contributed by atoms with Gasteiger partial charge in [0.2, 0.25) is 5.91 Å². The average Bonchev–Trinajstić information content (AvgIpc) is 3.10. The molecule has 0 spiro atoms. The maximum absolute atomic E-state index is 13.1. The highest BCUT2D eigenvalue weighted by molar-refractivity contribution is 9.10. The van der Waals surface area contributed by atoms with Crippen LogP contribution in [0.1, 0.15) is 24.0 Å². The van der Waals surface area contributed by atoms with Gasteiger partial charge in [0.1, 0.15) is 0 Å². The van der Waals surface area contributed by atoms with Crippen LogP contribution < -0.4 is 10.2 Å². The van der Waals surface area contributed by atoms with Crippen LogP contribution in [0.25, 0.3) is 0 Å². The molecule has 26 heavy (non-hydrogen) atoms. The Hall–Kier alpha value is -2.02. The van der Waals surface area contributed by atoms with Crippen LogP contribution in [0.4, 0.5) is 24.5 Å². The van der Waals surface area contributed by atoms with Gasteiger partial charge in [-0.3, -0.25) is 4.79 Å². The molecular formula is C19H18BrF3N2O. The minimum atomic E-state index is -4.45. The Bertz CT molecular complexity index is 784. The molecule has 0 unspecified atom stereocenters. The highest BCUT2D eigenvalue weighted by Gasteiger charge is 2.32. The van der Waals surface area contributed by atoms with Crippen LogP contribution in [0.3, 0.4) is 0 Å². The van der Waals surface area contributed by atoms with Gasteiger partial charge >= 0.3 is 6.18 Å². The molecule has 2 aromatic carbocycles. The minimum absolute atomic E-state index is 0.100. The van der Waals surface area contributed by atoms with E-state index in [1.165, 1.54) is 6.07 Å². The van der Waals surface area contributed by atoms with Crippen molar-refractivity contribution in [2.24, 2.45) is 0 Å². The zero-order valence-electron chi connectivity index (χ0n) is 13.9. The van der Waals surface area contributed by atoms with E-state index in [0.29, 0.717) is 5.69 Å². The number of carbonyl (C=O) groups is 1. The Morgan fingerprint density at radius 1 is 1.08 bits per heavy atom. The van der Waals surface area contributed by atoms with E-state index >= 15 is 0 Å². The maximum atomic E-state index is 13.1. The quantitative estimate of drug-likeness (QED) is 0.723. The summed E-state index contributed by atoms with van der Waals surface area (Å²) in [5, 5.41) is 2.67. The topological polar surface area (TPSA) is 32.3 Å². The number of benzene rings is 2. The molecule has 138 valence electrons. The number of nitrogens with one attached hydrogen (secondary N) is 1. The fraction of sp³-hybridized carbons (Fsp3) is 0.316. The predicted octanol–water partition coefficient (Wildman–Crippen LogP) is 5.25. The second-order valence-electron chi connectivity index (χ2n) is 6.28. The third-order valence-electron chi connectivity index (χ3n) is 4.32. The number of nitrogens with zero attached hydrogens (tertiary/aromatic N) is 1. The lowest BCUT2D eigenvalue weighted by atomic mass is 10.1. The molecular weight excluding hydrogens is 409 g/mol. The van der Waals surface area contributed by atoms with Crippen molar-refractivity contribution in [3.05, 3.63) is 58.1 Å². The highest BCUT2D eigenvalue weighted by atomic mass is 79.9. The Kier molecular flexibility index (Phi) is 5.55. The first kappa shape index (κ1) is 18.8. The number of amides is 1. The van der Waals surface area contributed by atoms with Gasteiger partial charge in [-0.2, -0.15) is 13.2 Å². The standard InChI is InChI=1S/C19H18BrF3N2O/c20-15-6-3-13(4-7-15)11-18(26)24-16-12-14(19(21,22)23)5-8-17(16)25-9-1-2-10-25/h3-8,12H,1-2,9-11H2,(H,24,26). The molecule has 1 aliphatic heterocycles. The Labute approximate surface area is 158 Å². The third-order valence-corrected chi connectivity index (χ3v) is 4.85. The molecule has 0 aliphatic carbocycles. The highest BCUT2D eigenvalue weighted by Crippen LogP contribution is 2.36. The molecule has 1 amide bonds. The molecule has 0 saturated carbocycles. The van der Waals surface area contributed by atoms with Gasteiger partial charge in [0.05, 0.1) is 23.4 Å². The molecule has 3 nitrogen and oxygen atoms in total. The lowest BCUT2D eigenvalue weighted by molar-refractivity contribution is -0.137. The summed E-state index contributed by atoms with van der Waals surface area (Å²) in [6, 6.07) is 10.8. The largest absolute Gasteiger partial charge is 0.416 e. The van der Waals surface area contributed by atoms with E-state index < -0.39 is 11.7 Å². The van der Waals surface area contributed by atoms with Crippen molar-refractivity contribution in [3.63, 3.8) is 0 Å². The number of alkyl halides is 3. The molecule has 3 rings (SSSR count). The van der Waals surface area contributed by atoms with Crippen LogP contribution in [0.2, 0.25) is 0 Å². The first-order valence-corrected chi connectivity index (χ1v) is 9.13. The number of carbonyl (C=O) groups excluding carboxylic acids is 1. The first-order chi connectivity index (χ1) is 12.3. The second-order valence-corrected chi connectivity index (χ2v) is 7.19. The SMILES string of the molecule is O=C(Cc1ccc(Br)cc1)Nc1cc(C(F)(F)F)ccc1N1CCCC1. The van der Waals surface area contributed by atoms with Gasteiger partial charge in [0, 0.05) is 17.6 Å². The van der Waals surface area contributed by atoms with Crippen LogP contribution in [0, 0.1) is 0 Å². The molecule has 0 bridgehead atoms. The fourth-order valence-electron chi connectivity index (χ4n) is 3.03. The normalized spacial score (nSPS) is 14.5. The van der Waals surface area contributed by atoms with Gasteiger partial charge in [-0.05, 0) is 48.7 Å². The van der Waals surface area contributed by atoms with Gasteiger partial charge in [0.25, 0.3) is 0 Å². The summed E-state index contributed by atoms with van der Waals surface area (Å²) >= 11 is 3.33. The van der Waals surface area contributed by atoms with Gasteiger partial charge in [-0.25, -0.2) is 0 Å². The molecule has 1 aliphatic rings. The summed E-state index contributed by atoms with van der Waals surface area (Å²) in [5.41, 5.74) is 0.878. The van der Waals surface area contributed by atoms with Crippen molar-refractivity contribution in [1.82, 2.24) is 0 Å². The summed E-state index contributed by atoms with van der Waals surface area (Å²) < 4.78 is 40.1. The van der Waals surface area contributed by atoms with Gasteiger partial charge < -0.3 is 10.2 Å². The van der Waals surface area contributed by atoms with E-state index in [0.717, 1.165) is 48.1 Å². The van der Waals surface area contributed by atoms with Crippen LogP contribution >= 0.6 is 15.9 Å².